The predicted molar refractivity (Wildman–Crippen MR) is 112 cm³/mol. The van der Waals surface area contributed by atoms with Gasteiger partial charge in [0.2, 0.25) is 0 Å². The third kappa shape index (κ3) is 4.54. The highest BCUT2D eigenvalue weighted by atomic mass is 16.5. The predicted octanol–water partition coefficient (Wildman–Crippen LogP) is 4.24. The minimum absolute atomic E-state index is 0.112. The Morgan fingerprint density at radius 3 is 2.64 bits per heavy atom. The van der Waals surface area contributed by atoms with Crippen molar-refractivity contribution >= 4 is 16.8 Å². The molecule has 1 heterocycles. The van der Waals surface area contributed by atoms with Gasteiger partial charge in [-0.2, -0.15) is 0 Å². The van der Waals surface area contributed by atoms with E-state index in [2.05, 4.69) is 35.9 Å². The van der Waals surface area contributed by atoms with Gasteiger partial charge in [0, 0.05) is 25.6 Å². The number of nitrogens with zero attached hydrogens (tertiary/aromatic N) is 1. The van der Waals surface area contributed by atoms with E-state index in [1.807, 2.05) is 42.5 Å². The van der Waals surface area contributed by atoms with Gasteiger partial charge in [0.1, 0.15) is 11.4 Å². The van der Waals surface area contributed by atoms with Crippen molar-refractivity contribution in [3.05, 3.63) is 65.9 Å². The molecule has 0 aliphatic heterocycles. The van der Waals surface area contributed by atoms with E-state index in [-0.39, 0.29) is 12.0 Å². The van der Waals surface area contributed by atoms with Crippen molar-refractivity contribution in [2.24, 2.45) is 0 Å². The molecule has 28 heavy (non-hydrogen) atoms. The quantitative estimate of drug-likeness (QED) is 0.565. The second-order valence-electron chi connectivity index (χ2n) is 6.88. The van der Waals surface area contributed by atoms with Gasteiger partial charge in [0.25, 0.3) is 5.91 Å². The fourth-order valence-corrected chi connectivity index (χ4v) is 3.14. The van der Waals surface area contributed by atoms with Crippen molar-refractivity contribution in [3.63, 3.8) is 0 Å². The highest BCUT2D eigenvalue weighted by molar-refractivity contribution is 6.00. The van der Waals surface area contributed by atoms with Gasteiger partial charge in [-0.05, 0) is 37.1 Å². The summed E-state index contributed by atoms with van der Waals surface area (Å²) in [6.07, 6.45) is 1.04. The molecule has 0 saturated heterocycles. The van der Waals surface area contributed by atoms with Crippen LogP contribution in [0.25, 0.3) is 10.9 Å². The fraction of sp³-hybridized carbons (Fsp3) is 0.348. The summed E-state index contributed by atoms with van der Waals surface area (Å²) >= 11 is 0. The lowest BCUT2D eigenvalue weighted by Gasteiger charge is -2.14. The maximum absolute atomic E-state index is 12.9. The summed E-state index contributed by atoms with van der Waals surface area (Å²) in [5, 5.41) is 3.89. The normalized spacial score (nSPS) is 12.1. The van der Waals surface area contributed by atoms with E-state index in [1.165, 1.54) is 0 Å². The van der Waals surface area contributed by atoms with Crippen molar-refractivity contribution in [2.75, 3.05) is 20.3 Å². The first-order valence-electron chi connectivity index (χ1n) is 9.74. The van der Waals surface area contributed by atoms with Crippen LogP contribution in [0.15, 0.2) is 54.6 Å². The zero-order valence-corrected chi connectivity index (χ0v) is 16.8. The van der Waals surface area contributed by atoms with E-state index in [0.717, 1.165) is 28.6 Å². The van der Waals surface area contributed by atoms with E-state index in [4.69, 9.17) is 9.47 Å². The molecule has 148 valence electrons. The van der Waals surface area contributed by atoms with Gasteiger partial charge < -0.3 is 19.4 Å². The molecule has 0 unspecified atom stereocenters. The number of hydrogen-bond acceptors (Lipinski definition) is 3. The molecule has 0 radical (unpaired) electrons. The molecule has 1 atom stereocenters. The summed E-state index contributed by atoms with van der Waals surface area (Å²) in [6.45, 7) is 5.72. The monoisotopic (exact) mass is 380 g/mol. The highest BCUT2D eigenvalue weighted by Gasteiger charge is 2.18. The molecule has 0 aliphatic rings. The Labute approximate surface area is 166 Å². The molecule has 1 amide bonds. The average Bonchev–Trinajstić information content (AvgIpc) is 3.08. The molecule has 0 bridgehead atoms. The van der Waals surface area contributed by atoms with Crippen LogP contribution in [0.4, 0.5) is 0 Å². The van der Waals surface area contributed by atoms with Crippen LogP contribution in [0, 0.1) is 0 Å². The van der Waals surface area contributed by atoms with Crippen molar-refractivity contribution in [2.45, 2.75) is 32.9 Å². The molecule has 2 aromatic carbocycles. The summed E-state index contributed by atoms with van der Waals surface area (Å²) in [5.74, 6) is 0.697. The molecule has 0 aliphatic carbocycles. The largest absolute Gasteiger partial charge is 0.490 e. The minimum Gasteiger partial charge on any atom is -0.490 e. The number of methoxy groups -OCH3 is 1. The second kappa shape index (κ2) is 9.42. The lowest BCUT2D eigenvalue weighted by Crippen LogP contribution is -2.29. The van der Waals surface area contributed by atoms with Gasteiger partial charge >= 0.3 is 0 Å². The van der Waals surface area contributed by atoms with Crippen molar-refractivity contribution in [3.8, 4) is 5.75 Å². The van der Waals surface area contributed by atoms with Crippen molar-refractivity contribution in [1.82, 2.24) is 9.88 Å². The van der Waals surface area contributed by atoms with Crippen LogP contribution in [-0.4, -0.2) is 36.8 Å². The second-order valence-corrected chi connectivity index (χ2v) is 6.88. The number of hydrogen-bond donors (Lipinski definition) is 1. The highest BCUT2D eigenvalue weighted by Crippen LogP contribution is 2.30. The topological polar surface area (TPSA) is 52.5 Å². The van der Waals surface area contributed by atoms with Crippen LogP contribution in [0.3, 0.4) is 0 Å². The maximum atomic E-state index is 12.9. The van der Waals surface area contributed by atoms with Crippen LogP contribution in [0.5, 0.6) is 5.75 Å². The Balaban J connectivity index is 2.03. The van der Waals surface area contributed by atoms with E-state index in [1.54, 1.807) is 7.11 Å². The average molecular weight is 380 g/mol. The molecule has 0 saturated carbocycles. The first kappa shape index (κ1) is 20.0. The Morgan fingerprint density at radius 1 is 1.14 bits per heavy atom. The molecule has 1 N–H and O–H groups in total. The van der Waals surface area contributed by atoms with Crippen LogP contribution < -0.4 is 10.1 Å². The smallest absolute Gasteiger partial charge is 0.268 e. The van der Waals surface area contributed by atoms with E-state index < -0.39 is 0 Å². The van der Waals surface area contributed by atoms with Gasteiger partial charge in [-0.3, -0.25) is 4.79 Å². The molecule has 3 aromatic rings. The number of ether oxygens (including phenoxy) is 2. The van der Waals surface area contributed by atoms with Crippen molar-refractivity contribution < 1.29 is 14.3 Å². The minimum atomic E-state index is -0.112. The van der Waals surface area contributed by atoms with Gasteiger partial charge in [0.05, 0.1) is 18.2 Å². The number of fused-ring (bicyclic) bond motifs is 1. The number of nitrogens with one attached hydrogen (secondary N) is 1. The number of aromatic nitrogens is 1. The van der Waals surface area contributed by atoms with Gasteiger partial charge in [-0.1, -0.05) is 43.3 Å². The molecular formula is C23H28N2O3. The summed E-state index contributed by atoms with van der Waals surface area (Å²) in [6, 6.07) is 18.1. The Kier molecular flexibility index (Phi) is 6.71. The number of benzene rings is 2. The third-order valence-corrected chi connectivity index (χ3v) is 4.82. The van der Waals surface area contributed by atoms with Crippen LogP contribution in [0.2, 0.25) is 0 Å². The first-order valence-corrected chi connectivity index (χ1v) is 9.74. The summed E-state index contributed by atoms with van der Waals surface area (Å²) in [7, 11) is 1.62. The van der Waals surface area contributed by atoms with E-state index in [0.29, 0.717) is 25.4 Å². The van der Waals surface area contributed by atoms with Crippen LogP contribution in [0.1, 0.15) is 36.3 Å². The summed E-state index contributed by atoms with van der Waals surface area (Å²) in [5.41, 5.74) is 2.75. The Hall–Kier alpha value is -2.79. The standard InChI is InChI=1S/C23H28N2O3/c1-4-17(2)28-22-12-8-11-20-19(22)15-21(23(26)24-13-14-27-3)25(20)16-18-9-6-5-7-10-18/h5-12,15,17H,4,13-14,16H2,1-3H3,(H,24,26)/t17-/m1/s1. The Morgan fingerprint density at radius 2 is 1.93 bits per heavy atom. The fourth-order valence-electron chi connectivity index (χ4n) is 3.14. The molecule has 1 aromatic heterocycles. The summed E-state index contributed by atoms with van der Waals surface area (Å²) < 4.78 is 13.2. The molecule has 3 rings (SSSR count). The maximum Gasteiger partial charge on any atom is 0.268 e. The lowest BCUT2D eigenvalue weighted by atomic mass is 10.2. The number of rotatable bonds is 9. The summed E-state index contributed by atoms with van der Waals surface area (Å²) in [4.78, 5) is 12.9. The molecular weight excluding hydrogens is 352 g/mol. The molecule has 5 nitrogen and oxygen atoms in total. The third-order valence-electron chi connectivity index (χ3n) is 4.82. The van der Waals surface area contributed by atoms with Gasteiger partial charge in [-0.15, -0.1) is 0 Å². The van der Waals surface area contributed by atoms with Crippen molar-refractivity contribution in [1.29, 1.82) is 0 Å². The number of carbonyl (C=O) groups is 1. The Bertz CT molecular complexity index is 918. The zero-order chi connectivity index (χ0) is 19.9. The zero-order valence-electron chi connectivity index (χ0n) is 16.8. The SMILES string of the molecule is CC[C@@H](C)Oc1cccc2c1cc(C(=O)NCCOC)n2Cc1ccccc1. The molecule has 5 heteroatoms. The van der Waals surface area contributed by atoms with Gasteiger partial charge in [-0.25, -0.2) is 0 Å². The number of carbonyl (C=O) groups excluding carboxylic acids is 1. The van der Waals surface area contributed by atoms with Crippen LogP contribution in [-0.2, 0) is 11.3 Å². The first-order chi connectivity index (χ1) is 13.6. The van der Waals surface area contributed by atoms with E-state index in [9.17, 15) is 4.79 Å². The van der Waals surface area contributed by atoms with Gasteiger partial charge in [0.15, 0.2) is 0 Å². The van der Waals surface area contributed by atoms with Crippen LogP contribution >= 0.6 is 0 Å². The molecule has 0 fully saturated rings. The lowest BCUT2D eigenvalue weighted by molar-refractivity contribution is 0.0928. The molecule has 0 spiro atoms. The number of amides is 1. The van der Waals surface area contributed by atoms with E-state index >= 15 is 0 Å².